The maximum atomic E-state index is 12.6. The van der Waals surface area contributed by atoms with Gasteiger partial charge in [-0.1, -0.05) is 18.2 Å². The molecule has 2 aromatic rings. The zero-order chi connectivity index (χ0) is 18.4. The number of carboxylic acid groups (broad SMARTS) is 1. The molecule has 2 rings (SSSR count). The third-order valence-corrected chi connectivity index (χ3v) is 3.91. The first-order valence-corrected chi connectivity index (χ1v) is 8.12. The summed E-state index contributed by atoms with van der Waals surface area (Å²) in [6.45, 7) is 4.71. The average Bonchev–Trinajstić information content (AvgIpc) is 2.92. The SMILES string of the molecule is Cc1ccccc1OCCCN(C)C(=O)c1c(C)coc1CC(=O)O. The van der Waals surface area contributed by atoms with Gasteiger partial charge in [0.15, 0.2) is 0 Å². The number of furan rings is 1. The lowest BCUT2D eigenvalue weighted by Crippen LogP contribution is -2.29. The fourth-order valence-electron chi connectivity index (χ4n) is 2.55. The van der Waals surface area contributed by atoms with E-state index >= 15 is 0 Å². The van der Waals surface area contributed by atoms with Crippen LogP contribution in [-0.4, -0.2) is 42.1 Å². The lowest BCUT2D eigenvalue weighted by molar-refractivity contribution is -0.136. The van der Waals surface area contributed by atoms with Gasteiger partial charge in [-0.15, -0.1) is 0 Å². The highest BCUT2D eigenvalue weighted by molar-refractivity contribution is 5.97. The third kappa shape index (κ3) is 4.86. The molecule has 0 saturated heterocycles. The number of carbonyl (C=O) groups is 2. The Morgan fingerprint density at radius 1 is 1.20 bits per heavy atom. The van der Waals surface area contributed by atoms with Crippen molar-refractivity contribution in [3.05, 3.63) is 53.0 Å². The van der Waals surface area contributed by atoms with Gasteiger partial charge in [0.2, 0.25) is 0 Å². The van der Waals surface area contributed by atoms with E-state index in [9.17, 15) is 9.59 Å². The van der Waals surface area contributed by atoms with Crippen molar-refractivity contribution < 1.29 is 23.8 Å². The summed E-state index contributed by atoms with van der Waals surface area (Å²) in [5, 5.41) is 8.92. The van der Waals surface area contributed by atoms with Gasteiger partial charge in [-0.05, 0) is 31.9 Å². The molecule has 6 heteroatoms. The van der Waals surface area contributed by atoms with Crippen LogP contribution in [0, 0.1) is 13.8 Å². The number of carbonyl (C=O) groups excluding carboxylic acids is 1. The first kappa shape index (κ1) is 18.6. The van der Waals surface area contributed by atoms with Crippen LogP contribution in [0.5, 0.6) is 5.75 Å². The zero-order valence-electron chi connectivity index (χ0n) is 14.7. The summed E-state index contributed by atoms with van der Waals surface area (Å²) in [5.41, 5.74) is 2.05. The van der Waals surface area contributed by atoms with Crippen molar-refractivity contribution in [2.24, 2.45) is 0 Å². The maximum Gasteiger partial charge on any atom is 0.311 e. The zero-order valence-corrected chi connectivity index (χ0v) is 14.7. The minimum atomic E-state index is -1.03. The van der Waals surface area contributed by atoms with Crippen molar-refractivity contribution in [1.29, 1.82) is 0 Å². The summed E-state index contributed by atoms with van der Waals surface area (Å²) in [5.74, 6) is -0.236. The summed E-state index contributed by atoms with van der Waals surface area (Å²) in [6, 6.07) is 7.77. The number of aryl methyl sites for hydroxylation is 2. The Morgan fingerprint density at radius 3 is 2.60 bits per heavy atom. The molecule has 0 spiro atoms. The van der Waals surface area contributed by atoms with Crippen LogP contribution in [-0.2, 0) is 11.2 Å². The fraction of sp³-hybridized carbons (Fsp3) is 0.368. The van der Waals surface area contributed by atoms with Crippen LogP contribution in [0.2, 0.25) is 0 Å². The number of para-hydroxylation sites is 1. The molecule has 6 nitrogen and oxygen atoms in total. The molecule has 0 unspecified atom stereocenters. The molecule has 1 heterocycles. The Kier molecular flexibility index (Phi) is 6.22. The van der Waals surface area contributed by atoms with Gasteiger partial charge in [-0.2, -0.15) is 0 Å². The molecule has 0 atom stereocenters. The molecule has 1 amide bonds. The summed E-state index contributed by atoms with van der Waals surface area (Å²) in [7, 11) is 1.69. The average molecular weight is 345 g/mol. The van der Waals surface area contributed by atoms with E-state index in [-0.39, 0.29) is 18.1 Å². The highest BCUT2D eigenvalue weighted by atomic mass is 16.5. The van der Waals surface area contributed by atoms with Gasteiger partial charge in [-0.25, -0.2) is 0 Å². The second-order valence-electron chi connectivity index (χ2n) is 5.98. The Hall–Kier alpha value is -2.76. The van der Waals surface area contributed by atoms with E-state index in [0.717, 1.165) is 11.3 Å². The first-order chi connectivity index (χ1) is 11.9. The molecule has 0 saturated carbocycles. The Morgan fingerprint density at radius 2 is 1.92 bits per heavy atom. The number of benzene rings is 1. The number of aliphatic carboxylic acids is 1. The molecular weight excluding hydrogens is 322 g/mol. The molecule has 0 aliphatic carbocycles. The minimum absolute atomic E-state index is 0.193. The Labute approximate surface area is 147 Å². The van der Waals surface area contributed by atoms with Crippen LogP contribution in [0.25, 0.3) is 0 Å². The summed E-state index contributed by atoms with van der Waals surface area (Å²) < 4.78 is 10.9. The third-order valence-electron chi connectivity index (χ3n) is 3.91. The first-order valence-electron chi connectivity index (χ1n) is 8.12. The quantitative estimate of drug-likeness (QED) is 0.744. The van der Waals surface area contributed by atoms with E-state index in [0.29, 0.717) is 30.7 Å². The van der Waals surface area contributed by atoms with E-state index in [4.69, 9.17) is 14.3 Å². The van der Waals surface area contributed by atoms with Gasteiger partial charge < -0.3 is 19.2 Å². The van der Waals surface area contributed by atoms with Crippen LogP contribution in [0.1, 0.15) is 33.7 Å². The van der Waals surface area contributed by atoms with Crippen LogP contribution in [0.3, 0.4) is 0 Å². The molecule has 1 aromatic carbocycles. The van der Waals surface area contributed by atoms with E-state index in [2.05, 4.69) is 0 Å². The van der Waals surface area contributed by atoms with Gasteiger partial charge >= 0.3 is 5.97 Å². The number of ether oxygens (including phenoxy) is 1. The molecular formula is C19H23NO5. The molecule has 0 radical (unpaired) electrons. The van der Waals surface area contributed by atoms with Crippen LogP contribution < -0.4 is 4.74 Å². The van der Waals surface area contributed by atoms with Crippen molar-refractivity contribution in [3.63, 3.8) is 0 Å². The molecule has 0 aliphatic rings. The van der Waals surface area contributed by atoms with Gasteiger partial charge in [0.1, 0.15) is 17.9 Å². The lowest BCUT2D eigenvalue weighted by atomic mass is 10.1. The molecule has 25 heavy (non-hydrogen) atoms. The predicted octanol–water partition coefficient (Wildman–Crippen LogP) is 3.06. The highest BCUT2D eigenvalue weighted by Crippen LogP contribution is 2.20. The molecule has 134 valence electrons. The molecule has 1 N–H and O–H groups in total. The normalized spacial score (nSPS) is 10.5. The monoisotopic (exact) mass is 345 g/mol. The van der Waals surface area contributed by atoms with Gasteiger partial charge in [0.25, 0.3) is 5.91 Å². The Bertz CT molecular complexity index is 750. The lowest BCUT2D eigenvalue weighted by Gasteiger charge is -2.18. The fourth-order valence-corrected chi connectivity index (χ4v) is 2.55. The largest absolute Gasteiger partial charge is 0.493 e. The van der Waals surface area contributed by atoms with Crippen LogP contribution in [0.4, 0.5) is 0 Å². The van der Waals surface area contributed by atoms with Gasteiger partial charge in [0.05, 0.1) is 18.4 Å². The van der Waals surface area contributed by atoms with Gasteiger partial charge in [0, 0.05) is 19.2 Å². The van der Waals surface area contributed by atoms with Crippen LogP contribution >= 0.6 is 0 Å². The number of nitrogens with zero attached hydrogens (tertiary/aromatic N) is 1. The second-order valence-corrected chi connectivity index (χ2v) is 5.98. The summed E-state index contributed by atoms with van der Waals surface area (Å²) in [6.07, 6.45) is 1.78. The van der Waals surface area contributed by atoms with Crippen LogP contribution in [0.15, 0.2) is 34.9 Å². The van der Waals surface area contributed by atoms with Crippen molar-refractivity contribution in [1.82, 2.24) is 4.90 Å². The van der Waals surface area contributed by atoms with E-state index in [1.807, 2.05) is 31.2 Å². The summed E-state index contributed by atoms with van der Waals surface area (Å²) >= 11 is 0. The van der Waals surface area contributed by atoms with E-state index in [1.165, 1.54) is 6.26 Å². The van der Waals surface area contributed by atoms with Crippen molar-refractivity contribution in [2.75, 3.05) is 20.2 Å². The number of rotatable bonds is 8. The number of hydrogen-bond acceptors (Lipinski definition) is 4. The maximum absolute atomic E-state index is 12.6. The number of carboxylic acids is 1. The molecule has 1 aromatic heterocycles. The van der Waals surface area contributed by atoms with Gasteiger partial charge in [-0.3, -0.25) is 9.59 Å². The topological polar surface area (TPSA) is 80.0 Å². The molecule has 0 bridgehead atoms. The molecule has 0 aliphatic heterocycles. The number of amides is 1. The predicted molar refractivity (Wildman–Crippen MR) is 93.0 cm³/mol. The van der Waals surface area contributed by atoms with Crippen molar-refractivity contribution in [2.45, 2.75) is 26.7 Å². The van der Waals surface area contributed by atoms with Crippen molar-refractivity contribution >= 4 is 11.9 Å². The second kappa shape index (κ2) is 8.37. The van der Waals surface area contributed by atoms with E-state index < -0.39 is 5.97 Å². The molecule has 0 fully saturated rings. The minimum Gasteiger partial charge on any atom is -0.493 e. The highest BCUT2D eigenvalue weighted by Gasteiger charge is 2.23. The van der Waals surface area contributed by atoms with E-state index in [1.54, 1.807) is 18.9 Å². The number of hydrogen-bond donors (Lipinski definition) is 1. The Balaban J connectivity index is 1.89. The smallest absolute Gasteiger partial charge is 0.311 e. The summed E-state index contributed by atoms with van der Waals surface area (Å²) in [4.78, 5) is 25.0. The van der Waals surface area contributed by atoms with Crippen molar-refractivity contribution in [3.8, 4) is 5.75 Å². The standard InChI is InChI=1S/C19H23NO5/c1-13-7-4-5-8-15(13)24-10-6-9-20(3)19(23)18-14(2)12-25-16(18)11-17(21)22/h4-5,7-8,12H,6,9-11H2,1-3H3,(H,21,22).